The molecule has 16 nitrogen and oxygen atoms in total. The van der Waals surface area contributed by atoms with E-state index >= 15 is 0 Å². The van der Waals surface area contributed by atoms with E-state index < -0.39 is 15.8 Å². The number of rotatable bonds is 5. The summed E-state index contributed by atoms with van der Waals surface area (Å²) in [5, 5.41) is 36.7. The van der Waals surface area contributed by atoms with E-state index in [-0.39, 0.29) is 28.8 Å². The number of nitro groups is 2. The first-order valence-electron chi connectivity index (χ1n) is 13.0. The standard InChI is InChI=1S/C10H9N3O3.C10H11N3O.C9H6N2O4/c1-11-10(14)8-5-12-9-3-2-6(13(15)16)4-7(8)9;1-12-10(14)8-5-13-9-3-2-6(11)4-7(8)9;12-9(13)7-4-10-8-2-1-5(11(14)15)3-6(7)8/h2-5,12H,1H3,(H,11,14);2-5,13H,11H2,1H3,(H,12,14);1-4,10H,(H,12,13). The van der Waals surface area contributed by atoms with Gasteiger partial charge in [-0.2, -0.15) is 0 Å². The van der Waals surface area contributed by atoms with Gasteiger partial charge in [-0.1, -0.05) is 0 Å². The molecule has 230 valence electrons. The predicted octanol–water partition coefficient (Wildman–Crippen LogP) is 4.32. The van der Waals surface area contributed by atoms with Gasteiger partial charge >= 0.3 is 5.97 Å². The fraction of sp³-hybridized carbons (Fsp3) is 0.0690. The van der Waals surface area contributed by atoms with E-state index in [1.54, 1.807) is 31.4 Å². The van der Waals surface area contributed by atoms with E-state index in [9.17, 15) is 34.6 Å². The van der Waals surface area contributed by atoms with Crippen molar-refractivity contribution in [3.05, 3.63) is 110 Å². The van der Waals surface area contributed by atoms with Crippen LogP contribution in [0.3, 0.4) is 0 Å². The van der Waals surface area contributed by atoms with Crippen LogP contribution >= 0.6 is 0 Å². The number of amides is 2. The van der Waals surface area contributed by atoms with Crippen LogP contribution in [0.1, 0.15) is 31.1 Å². The van der Waals surface area contributed by atoms with Gasteiger partial charge in [-0.3, -0.25) is 29.8 Å². The summed E-state index contributed by atoms with van der Waals surface area (Å²) in [5.41, 5.74) is 9.39. The Balaban J connectivity index is 0.000000154. The van der Waals surface area contributed by atoms with Gasteiger partial charge in [-0.25, -0.2) is 4.79 Å². The van der Waals surface area contributed by atoms with Crippen molar-refractivity contribution >= 4 is 67.6 Å². The third-order valence-electron chi connectivity index (χ3n) is 6.63. The highest BCUT2D eigenvalue weighted by Crippen LogP contribution is 2.25. The fourth-order valence-electron chi connectivity index (χ4n) is 4.40. The highest BCUT2D eigenvalue weighted by atomic mass is 16.6. The van der Waals surface area contributed by atoms with Crippen molar-refractivity contribution in [3.63, 3.8) is 0 Å². The van der Waals surface area contributed by atoms with E-state index in [0.717, 1.165) is 10.9 Å². The number of aromatic carboxylic acids is 1. The molecule has 0 fully saturated rings. The number of carboxylic acids is 1. The fourth-order valence-corrected chi connectivity index (χ4v) is 4.40. The maximum atomic E-state index is 11.5. The third kappa shape index (κ3) is 6.69. The van der Waals surface area contributed by atoms with Crippen LogP contribution in [0.15, 0.2) is 73.2 Å². The molecule has 16 heteroatoms. The first-order valence-corrected chi connectivity index (χ1v) is 13.0. The molecule has 3 heterocycles. The van der Waals surface area contributed by atoms with Gasteiger partial charge in [0.1, 0.15) is 0 Å². The molecule has 6 rings (SSSR count). The zero-order valence-electron chi connectivity index (χ0n) is 23.7. The van der Waals surface area contributed by atoms with Gasteiger partial charge < -0.3 is 36.4 Å². The number of nitrogens with one attached hydrogen (secondary N) is 5. The number of nitrogens with two attached hydrogens (primary N) is 1. The van der Waals surface area contributed by atoms with Gasteiger partial charge in [0.05, 0.1) is 26.5 Å². The summed E-state index contributed by atoms with van der Waals surface area (Å²) in [6, 6.07) is 13.9. The number of nitrogens with zero attached hydrogens (tertiary/aromatic N) is 2. The first kappa shape index (κ1) is 31.2. The predicted molar refractivity (Wildman–Crippen MR) is 166 cm³/mol. The number of H-pyrrole nitrogens is 3. The van der Waals surface area contributed by atoms with Crippen molar-refractivity contribution in [3.8, 4) is 0 Å². The van der Waals surface area contributed by atoms with E-state index in [4.69, 9.17) is 10.8 Å². The largest absolute Gasteiger partial charge is 0.478 e. The lowest BCUT2D eigenvalue weighted by molar-refractivity contribution is -0.384. The lowest BCUT2D eigenvalue weighted by atomic mass is 10.1. The molecule has 45 heavy (non-hydrogen) atoms. The van der Waals surface area contributed by atoms with Crippen LogP contribution in [-0.2, 0) is 0 Å². The second kappa shape index (κ2) is 13.1. The van der Waals surface area contributed by atoms with Crippen LogP contribution in [-0.4, -0.2) is 61.8 Å². The Kier molecular flexibility index (Phi) is 9.07. The molecule has 0 radical (unpaired) electrons. The van der Waals surface area contributed by atoms with Crippen LogP contribution in [0.4, 0.5) is 17.1 Å². The number of hydrogen-bond acceptors (Lipinski definition) is 8. The van der Waals surface area contributed by atoms with E-state index in [1.807, 2.05) is 6.07 Å². The maximum absolute atomic E-state index is 11.5. The maximum Gasteiger partial charge on any atom is 0.337 e. The average molecular weight is 615 g/mol. The molecular weight excluding hydrogens is 588 g/mol. The zero-order chi connectivity index (χ0) is 32.8. The molecule has 0 aliphatic carbocycles. The lowest BCUT2D eigenvalue weighted by Gasteiger charge is -1.97. The minimum absolute atomic E-state index is 0.0303. The minimum Gasteiger partial charge on any atom is -0.478 e. The highest BCUT2D eigenvalue weighted by molar-refractivity contribution is 6.08. The minimum atomic E-state index is -1.11. The summed E-state index contributed by atoms with van der Waals surface area (Å²) in [6.45, 7) is 0. The van der Waals surface area contributed by atoms with Gasteiger partial charge in [-0.05, 0) is 30.3 Å². The summed E-state index contributed by atoms with van der Waals surface area (Å²) < 4.78 is 0. The Morgan fingerprint density at radius 1 is 0.667 bits per heavy atom. The molecule has 3 aromatic carbocycles. The number of carbonyl (C=O) groups is 3. The molecule has 0 spiro atoms. The summed E-state index contributed by atoms with van der Waals surface area (Å²) in [5.74, 6) is -1.49. The van der Waals surface area contributed by atoms with Crippen molar-refractivity contribution in [2.75, 3.05) is 19.8 Å². The molecule has 0 unspecified atom stereocenters. The molecule has 3 aromatic heterocycles. The van der Waals surface area contributed by atoms with Gasteiger partial charge in [0.2, 0.25) is 0 Å². The van der Waals surface area contributed by atoms with Gasteiger partial charge in [0.15, 0.2) is 0 Å². The number of nitro benzene ring substituents is 2. The van der Waals surface area contributed by atoms with Crippen LogP contribution < -0.4 is 16.4 Å². The zero-order valence-corrected chi connectivity index (χ0v) is 23.7. The molecule has 0 aliphatic rings. The van der Waals surface area contributed by atoms with Crippen LogP contribution in [0, 0.1) is 20.2 Å². The third-order valence-corrected chi connectivity index (χ3v) is 6.63. The van der Waals surface area contributed by atoms with Crippen molar-refractivity contribution in [2.24, 2.45) is 0 Å². The van der Waals surface area contributed by atoms with Crippen molar-refractivity contribution in [2.45, 2.75) is 0 Å². The highest BCUT2D eigenvalue weighted by Gasteiger charge is 2.15. The van der Waals surface area contributed by atoms with Gasteiger partial charge in [0.25, 0.3) is 23.2 Å². The van der Waals surface area contributed by atoms with Crippen LogP contribution in [0.25, 0.3) is 32.7 Å². The smallest absolute Gasteiger partial charge is 0.337 e. The van der Waals surface area contributed by atoms with E-state index in [1.165, 1.54) is 49.8 Å². The van der Waals surface area contributed by atoms with Crippen molar-refractivity contribution < 1.29 is 29.3 Å². The second-order valence-electron chi connectivity index (χ2n) is 9.35. The lowest BCUT2D eigenvalue weighted by Crippen LogP contribution is -2.17. The SMILES string of the molecule is CNC(=O)c1c[nH]c2ccc(N)cc12.CNC(=O)c1c[nH]c2ccc([N+](=O)[O-])cc12.O=C(O)c1c[nH]c2ccc([N+](=O)[O-])cc12. The Hall–Kier alpha value is -6.71. The van der Waals surface area contributed by atoms with Gasteiger partial charge in [-0.15, -0.1) is 0 Å². The summed E-state index contributed by atoms with van der Waals surface area (Å²) in [7, 11) is 3.12. The Labute approximate surface area is 252 Å². The first-order chi connectivity index (χ1) is 21.4. The Bertz CT molecular complexity index is 2090. The van der Waals surface area contributed by atoms with E-state index in [2.05, 4.69) is 25.6 Å². The molecule has 2 amide bonds. The summed E-state index contributed by atoms with van der Waals surface area (Å²) >= 11 is 0. The molecule has 0 atom stereocenters. The molecular formula is C29H26N8O8. The second-order valence-corrected chi connectivity index (χ2v) is 9.35. The quantitative estimate of drug-likeness (QED) is 0.0827. The normalized spacial score (nSPS) is 10.4. The molecule has 0 aliphatic heterocycles. The summed E-state index contributed by atoms with van der Waals surface area (Å²) in [4.78, 5) is 62.4. The number of carboxylic acid groups (broad SMARTS) is 1. The number of nitrogen functional groups attached to an aromatic ring is 1. The number of benzene rings is 3. The summed E-state index contributed by atoms with van der Waals surface area (Å²) in [6.07, 6.45) is 4.53. The van der Waals surface area contributed by atoms with Crippen LogP contribution in [0.5, 0.6) is 0 Å². The monoisotopic (exact) mass is 614 g/mol. The number of hydrogen-bond donors (Lipinski definition) is 7. The number of aromatic amines is 3. The van der Waals surface area contributed by atoms with Gasteiger partial charge in [0, 0.05) is 95.3 Å². The number of aromatic nitrogens is 3. The van der Waals surface area contributed by atoms with Crippen molar-refractivity contribution in [1.82, 2.24) is 25.6 Å². The average Bonchev–Trinajstić information content (AvgIpc) is 3.76. The molecule has 8 N–H and O–H groups in total. The molecule has 6 aromatic rings. The number of fused-ring (bicyclic) bond motifs is 3. The Morgan fingerprint density at radius 3 is 1.44 bits per heavy atom. The van der Waals surface area contributed by atoms with Crippen molar-refractivity contribution in [1.29, 1.82) is 0 Å². The molecule has 0 bridgehead atoms. The van der Waals surface area contributed by atoms with Crippen LogP contribution in [0.2, 0.25) is 0 Å². The number of carbonyl (C=O) groups excluding carboxylic acids is 2. The Morgan fingerprint density at radius 2 is 1.04 bits per heavy atom. The van der Waals surface area contributed by atoms with E-state index in [0.29, 0.717) is 38.6 Å². The number of anilines is 1. The molecule has 0 saturated carbocycles. The topological polar surface area (TPSA) is 255 Å². The number of non-ortho nitro benzene ring substituents is 2. The molecule has 0 saturated heterocycles.